The van der Waals surface area contributed by atoms with Crippen LogP contribution in [0.3, 0.4) is 0 Å². The van der Waals surface area contributed by atoms with E-state index >= 15 is 0 Å². The molecule has 3 rings (SSSR count). The van der Waals surface area contributed by atoms with Crippen molar-refractivity contribution in [3.05, 3.63) is 59.2 Å². The first-order valence-electron chi connectivity index (χ1n) is 8.35. The first kappa shape index (κ1) is 16.5. The Morgan fingerprint density at radius 3 is 2.88 bits per heavy atom. The Kier molecular flexibility index (Phi) is 5.16. The molecule has 4 nitrogen and oxygen atoms in total. The van der Waals surface area contributed by atoms with Gasteiger partial charge in [-0.15, -0.1) is 0 Å². The van der Waals surface area contributed by atoms with Crippen LogP contribution in [0.4, 0.5) is 5.69 Å². The Hall–Kier alpha value is -2.33. The van der Waals surface area contributed by atoms with Crippen molar-refractivity contribution in [2.45, 2.75) is 32.8 Å². The van der Waals surface area contributed by atoms with E-state index in [9.17, 15) is 4.79 Å². The van der Waals surface area contributed by atoms with Crippen LogP contribution in [-0.2, 0) is 4.74 Å². The van der Waals surface area contributed by atoms with Gasteiger partial charge >= 0.3 is 0 Å². The molecule has 126 valence electrons. The van der Waals surface area contributed by atoms with Gasteiger partial charge in [0.05, 0.1) is 6.10 Å². The van der Waals surface area contributed by atoms with Crippen LogP contribution in [0.25, 0.3) is 0 Å². The molecule has 0 radical (unpaired) electrons. The maximum Gasteiger partial charge on any atom is 0.255 e. The first-order valence-corrected chi connectivity index (χ1v) is 8.35. The summed E-state index contributed by atoms with van der Waals surface area (Å²) >= 11 is 0. The molecule has 0 bridgehead atoms. The first-order chi connectivity index (χ1) is 11.6. The maximum atomic E-state index is 12.5. The Bertz CT molecular complexity index is 721. The zero-order valence-corrected chi connectivity index (χ0v) is 14.2. The van der Waals surface area contributed by atoms with E-state index in [1.807, 2.05) is 38.1 Å². The van der Waals surface area contributed by atoms with Crippen molar-refractivity contribution in [1.29, 1.82) is 0 Å². The van der Waals surface area contributed by atoms with E-state index in [0.29, 0.717) is 17.9 Å². The number of ether oxygens (including phenoxy) is 2. The van der Waals surface area contributed by atoms with Crippen molar-refractivity contribution in [2.24, 2.45) is 0 Å². The Balaban J connectivity index is 1.65. The van der Waals surface area contributed by atoms with Crippen LogP contribution in [0.15, 0.2) is 42.5 Å². The number of anilines is 1. The van der Waals surface area contributed by atoms with Crippen LogP contribution in [0.1, 0.15) is 34.3 Å². The molecule has 0 aliphatic carbocycles. The summed E-state index contributed by atoms with van der Waals surface area (Å²) in [6.07, 6.45) is 2.29. The van der Waals surface area contributed by atoms with Gasteiger partial charge in [0.15, 0.2) is 0 Å². The monoisotopic (exact) mass is 325 g/mol. The highest BCUT2D eigenvalue weighted by Crippen LogP contribution is 2.20. The summed E-state index contributed by atoms with van der Waals surface area (Å²) in [5.41, 5.74) is 3.64. The van der Waals surface area contributed by atoms with Crippen LogP contribution >= 0.6 is 0 Å². The number of benzene rings is 2. The fourth-order valence-corrected chi connectivity index (χ4v) is 2.84. The van der Waals surface area contributed by atoms with Gasteiger partial charge in [-0.05, 0) is 56.5 Å². The summed E-state index contributed by atoms with van der Waals surface area (Å²) in [5.74, 6) is 0.559. The molecule has 1 N–H and O–H groups in total. The van der Waals surface area contributed by atoms with Gasteiger partial charge in [-0.1, -0.05) is 23.8 Å². The zero-order chi connectivity index (χ0) is 16.9. The van der Waals surface area contributed by atoms with Crippen LogP contribution in [-0.4, -0.2) is 25.2 Å². The average Bonchev–Trinajstić information content (AvgIpc) is 3.09. The molecule has 1 atom stereocenters. The lowest BCUT2D eigenvalue weighted by atomic mass is 10.1. The SMILES string of the molecule is Cc1ccc(NC(=O)c2cccc(OC[C@@H]3CCCO3)c2)c(C)c1. The molecule has 2 aromatic carbocycles. The lowest BCUT2D eigenvalue weighted by Crippen LogP contribution is -2.17. The Morgan fingerprint density at radius 2 is 2.12 bits per heavy atom. The normalized spacial score (nSPS) is 16.8. The van der Waals surface area contributed by atoms with Gasteiger partial charge < -0.3 is 14.8 Å². The van der Waals surface area contributed by atoms with Crippen LogP contribution < -0.4 is 10.1 Å². The number of rotatable bonds is 5. The van der Waals surface area contributed by atoms with Crippen LogP contribution in [0.5, 0.6) is 5.75 Å². The van der Waals surface area contributed by atoms with E-state index in [0.717, 1.165) is 30.7 Å². The number of carbonyl (C=O) groups is 1. The number of aryl methyl sites for hydroxylation is 2. The molecule has 1 heterocycles. The second-order valence-corrected chi connectivity index (χ2v) is 6.25. The average molecular weight is 325 g/mol. The lowest BCUT2D eigenvalue weighted by molar-refractivity contribution is 0.0679. The summed E-state index contributed by atoms with van der Waals surface area (Å²) in [7, 11) is 0. The van der Waals surface area contributed by atoms with Gasteiger partial charge in [0, 0.05) is 17.9 Å². The largest absolute Gasteiger partial charge is 0.491 e. The summed E-state index contributed by atoms with van der Waals surface area (Å²) in [6, 6.07) is 13.2. The Labute approximate surface area is 142 Å². The smallest absolute Gasteiger partial charge is 0.255 e. The fraction of sp³-hybridized carbons (Fsp3) is 0.350. The zero-order valence-electron chi connectivity index (χ0n) is 14.2. The number of amides is 1. The molecule has 0 unspecified atom stereocenters. The third kappa shape index (κ3) is 4.15. The lowest BCUT2D eigenvalue weighted by Gasteiger charge is -2.13. The molecule has 1 saturated heterocycles. The highest BCUT2D eigenvalue weighted by Gasteiger charge is 2.16. The molecule has 1 fully saturated rings. The van der Waals surface area contributed by atoms with Gasteiger partial charge in [0.25, 0.3) is 5.91 Å². The number of nitrogens with one attached hydrogen (secondary N) is 1. The van der Waals surface area contributed by atoms with E-state index in [1.54, 1.807) is 12.1 Å². The minimum atomic E-state index is -0.135. The van der Waals surface area contributed by atoms with Crippen molar-refractivity contribution in [3.63, 3.8) is 0 Å². The van der Waals surface area contributed by atoms with Crippen LogP contribution in [0.2, 0.25) is 0 Å². The van der Waals surface area contributed by atoms with Gasteiger partial charge in [0.1, 0.15) is 12.4 Å². The molecule has 0 saturated carbocycles. The predicted octanol–water partition coefficient (Wildman–Crippen LogP) is 4.11. The van der Waals surface area contributed by atoms with Crippen molar-refractivity contribution in [1.82, 2.24) is 0 Å². The van der Waals surface area contributed by atoms with E-state index < -0.39 is 0 Å². The highest BCUT2D eigenvalue weighted by atomic mass is 16.5. The van der Waals surface area contributed by atoms with Gasteiger partial charge in [-0.25, -0.2) is 0 Å². The van der Waals surface area contributed by atoms with Crippen molar-refractivity contribution in [3.8, 4) is 5.75 Å². The molecule has 1 aliphatic heterocycles. The van der Waals surface area contributed by atoms with Crippen molar-refractivity contribution < 1.29 is 14.3 Å². The number of hydrogen-bond acceptors (Lipinski definition) is 3. The summed E-state index contributed by atoms with van der Waals surface area (Å²) in [5, 5.41) is 2.96. The third-order valence-corrected chi connectivity index (χ3v) is 4.19. The van der Waals surface area contributed by atoms with E-state index in [2.05, 4.69) is 11.4 Å². The number of carbonyl (C=O) groups excluding carboxylic acids is 1. The molecular formula is C20H23NO3. The van der Waals surface area contributed by atoms with E-state index in [1.165, 1.54) is 5.56 Å². The fourth-order valence-electron chi connectivity index (χ4n) is 2.84. The molecule has 4 heteroatoms. The summed E-state index contributed by atoms with van der Waals surface area (Å²) in [4.78, 5) is 12.5. The molecule has 24 heavy (non-hydrogen) atoms. The minimum Gasteiger partial charge on any atom is -0.491 e. The highest BCUT2D eigenvalue weighted by molar-refractivity contribution is 6.04. The van der Waals surface area contributed by atoms with Crippen molar-refractivity contribution in [2.75, 3.05) is 18.5 Å². The molecule has 0 spiro atoms. The molecule has 2 aromatic rings. The second-order valence-electron chi connectivity index (χ2n) is 6.25. The van der Waals surface area contributed by atoms with Gasteiger partial charge in [-0.3, -0.25) is 4.79 Å². The standard InChI is InChI=1S/C20H23NO3/c1-14-8-9-19(15(2)11-14)21-20(22)16-5-3-6-17(12-16)24-13-18-7-4-10-23-18/h3,5-6,8-9,11-12,18H,4,7,10,13H2,1-2H3,(H,21,22)/t18-/m0/s1. The summed E-state index contributed by atoms with van der Waals surface area (Å²) < 4.78 is 11.3. The maximum absolute atomic E-state index is 12.5. The Morgan fingerprint density at radius 1 is 1.25 bits per heavy atom. The van der Waals surface area contributed by atoms with Crippen LogP contribution in [0, 0.1) is 13.8 Å². The van der Waals surface area contributed by atoms with Gasteiger partial charge in [-0.2, -0.15) is 0 Å². The van der Waals surface area contributed by atoms with Crippen molar-refractivity contribution >= 4 is 11.6 Å². The van der Waals surface area contributed by atoms with E-state index in [-0.39, 0.29) is 12.0 Å². The molecule has 1 amide bonds. The molecule has 0 aromatic heterocycles. The topological polar surface area (TPSA) is 47.6 Å². The molecular weight excluding hydrogens is 302 g/mol. The van der Waals surface area contributed by atoms with Gasteiger partial charge in [0.2, 0.25) is 0 Å². The second kappa shape index (κ2) is 7.49. The predicted molar refractivity (Wildman–Crippen MR) is 94.8 cm³/mol. The minimum absolute atomic E-state index is 0.135. The van der Waals surface area contributed by atoms with E-state index in [4.69, 9.17) is 9.47 Å². The quantitative estimate of drug-likeness (QED) is 0.900. The third-order valence-electron chi connectivity index (χ3n) is 4.19. The number of hydrogen-bond donors (Lipinski definition) is 1. The summed E-state index contributed by atoms with van der Waals surface area (Å²) in [6.45, 7) is 5.37. The molecule has 1 aliphatic rings.